The van der Waals surface area contributed by atoms with Crippen LogP contribution >= 0.6 is 0 Å². The smallest absolute Gasteiger partial charge is 0.328 e. The second-order valence-corrected chi connectivity index (χ2v) is 13.1. The zero-order valence-corrected chi connectivity index (χ0v) is 24.8. The van der Waals surface area contributed by atoms with Gasteiger partial charge >= 0.3 is 5.97 Å². The highest BCUT2D eigenvalue weighted by atomic mass is 16.6. The number of esters is 1. The van der Waals surface area contributed by atoms with Crippen molar-refractivity contribution in [2.75, 3.05) is 13.7 Å². The summed E-state index contributed by atoms with van der Waals surface area (Å²) in [4.78, 5) is 42.8. The van der Waals surface area contributed by atoms with Crippen molar-refractivity contribution in [1.82, 2.24) is 5.32 Å². The van der Waals surface area contributed by atoms with Crippen LogP contribution in [0.4, 0.5) is 0 Å². The van der Waals surface area contributed by atoms with E-state index in [-0.39, 0.29) is 23.2 Å². The largest absolute Gasteiger partial charge is 0.467 e. The number of rotatable bonds is 8. The average molecular weight is 565 g/mol. The second kappa shape index (κ2) is 11.3. The SMILES string of the molecule is COC(=O)[C@H](Cc1ccccc1)NC(=O)CO/N=C1\C=C2CC[C@H]3[C@H]4CC[C@](O)(C(C)=O)[C@]4(C)CC[C@@H]3[C@]2(C)CC1. The van der Waals surface area contributed by atoms with E-state index in [1.165, 1.54) is 12.7 Å². The van der Waals surface area contributed by atoms with E-state index in [0.717, 1.165) is 56.2 Å². The van der Waals surface area contributed by atoms with Crippen LogP contribution in [-0.2, 0) is 30.4 Å². The number of oxime groups is 1. The molecule has 222 valence electrons. The maximum Gasteiger partial charge on any atom is 0.328 e. The fourth-order valence-electron chi connectivity index (χ4n) is 8.83. The summed E-state index contributed by atoms with van der Waals surface area (Å²) in [6, 6.07) is 8.65. The number of nitrogens with zero attached hydrogens (tertiary/aromatic N) is 1. The lowest BCUT2D eigenvalue weighted by atomic mass is 9.46. The first kappa shape index (κ1) is 29.5. The van der Waals surface area contributed by atoms with Crippen LogP contribution in [0, 0.1) is 28.6 Å². The predicted molar refractivity (Wildman–Crippen MR) is 155 cm³/mol. The third kappa shape index (κ3) is 5.24. The number of fused-ring (bicyclic) bond motifs is 5. The van der Waals surface area contributed by atoms with Gasteiger partial charge in [0.2, 0.25) is 0 Å². The highest BCUT2D eigenvalue weighted by Crippen LogP contribution is 2.67. The van der Waals surface area contributed by atoms with Crippen LogP contribution < -0.4 is 5.32 Å². The van der Waals surface area contributed by atoms with E-state index in [1.54, 1.807) is 6.92 Å². The Bertz CT molecular complexity index is 1240. The van der Waals surface area contributed by atoms with E-state index in [1.807, 2.05) is 30.3 Å². The number of allylic oxidation sites excluding steroid dienone is 2. The summed E-state index contributed by atoms with van der Waals surface area (Å²) in [5.74, 6) is 0.409. The van der Waals surface area contributed by atoms with Crippen LogP contribution in [0.2, 0.25) is 0 Å². The molecule has 0 bridgehead atoms. The zero-order chi connectivity index (χ0) is 29.4. The molecule has 7 atom stereocenters. The van der Waals surface area contributed by atoms with Gasteiger partial charge in [0, 0.05) is 11.8 Å². The molecule has 2 N–H and O–H groups in total. The lowest BCUT2D eigenvalue weighted by molar-refractivity contribution is -0.159. The fraction of sp³-hybridized carbons (Fsp3) is 0.636. The van der Waals surface area contributed by atoms with Gasteiger partial charge in [-0.15, -0.1) is 0 Å². The lowest BCUT2D eigenvalue weighted by Gasteiger charge is -2.59. The Morgan fingerprint density at radius 3 is 2.49 bits per heavy atom. The van der Waals surface area contributed by atoms with Gasteiger partial charge in [0.05, 0.1) is 12.8 Å². The minimum Gasteiger partial charge on any atom is -0.467 e. The number of methoxy groups -OCH3 is 1. The molecule has 0 aromatic heterocycles. The summed E-state index contributed by atoms with van der Waals surface area (Å²) in [6.45, 7) is 5.81. The monoisotopic (exact) mass is 564 g/mol. The van der Waals surface area contributed by atoms with E-state index in [4.69, 9.17) is 9.57 Å². The molecule has 0 spiro atoms. The summed E-state index contributed by atoms with van der Waals surface area (Å²) in [6.07, 6.45) is 9.68. The van der Waals surface area contributed by atoms with Gasteiger partial charge in [0.15, 0.2) is 12.4 Å². The number of ketones is 1. The van der Waals surface area contributed by atoms with E-state index in [2.05, 4.69) is 30.4 Å². The number of hydrogen-bond acceptors (Lipinski definition) is 7. The average Bonchev–Trinajstić information content (AvgIpc) is 3.24. The maximum absolute atomic E-state index is 12.6. The van der Waals surface area contributed by atoms with Gasteiger partial charge in [-0.3, -0.25) is 9.59 Å². The number of benzene rings is 1. The van der Waals surface area contributed by atoms with Gasteiger partial charge < -0.3 is 20.0 Å². The van der Waals surface area contributed by atoms with Crippen molar-refractivity contribution < 1.29 is 29.1 Å². The van der Waals surface area contributed by atoms with Crippen molar-refractivity contribution in [1.29, 1.82) is 0 Å². The Labute approximate surface area is 242 Å². The molecule has 41 heavy (non-hydrogen) atoms. The van der Waals surface area contributed by atoms with Crippen molar-refractivity contribution in [2.45, 2.75) is 90.2 Å². The Morgan fingerprint density at radius 2 is 1.78 bits per heavy atom. The van der Waals surface area contributed by atoms with Gasteiger partial charge in [-0.2, -0.15) is 0 Å². The first-order chi connectivity index (χ1) is 19.5. The van der Waals surface area contributed by atoms with Crippen molar-refractivity contribution >= 4 is 23.4 Å². The van der Waals surface area contributed by atoms with Gasteiger partial charge in [0.25, 0.3) is 5.91 Å². The van der Waals surface area contributed by atoms with Gasteiger partial charge in [-0.25, -0.2) is 4.79 Å². The van der Waals surface area contributed by atoms with E-state index in [9.17, 15) is 19.5 Å². The van der Waals surface area contributed by atoms with Crippen LogP contribution in [-0.4, -0.2) is 53.8 Å². The molecule has 8 heteroatoms. The van der Waals surface area contributed by atoms with Gasteiger partial charge in [-0.1, -0.05) is 54.9 Å². The van der Waals surface area contributed by atoms with Crippen LogP contribution in [0.1, 0.15) is 77.7 Å². The Kier molecular flexibility index (Phi) is 8.16. The third-order valence-electron chi connectivity index (χ3n) is 11.2. The maximum atomic E-state index is 12.6. The first-order valence-corrected chi connectivity index (χ1v) is 15.1. The molecule has 0 aliphatic heterocycles. The van der Waals surface area contributed by atoms with Crippen LogP contribution in [0.25, 0.3) is 0 Å². The summed E-state index contributed by atoms with van der Waals surface area (Å²) >= 11 is 0. The summed E-state index contributed by atoms with van der Waals surface area (Å²) < 4.78 is 4.87. The summed E-state index contributed by atoms with van der Waals surface area (Å²) in [5, 5.41) is 18.4. The minimum atomic E-state index is -1.19. The van der Waals surface area contributed by atoms with E-state index in [0.29, 0.717) is 30.6 Å². The zero-order valence-electron chi connectivity index (χ0n) is 24.8. The molecule has 0 heterocycles. The van der Waals surface area contributed by atoms with Gasteiger partial charge in [-0.05, 0) is 93.1 Å². The molecule has 8 nitrogen and oxygen atoms in total. The minimum absolute atomic E-state index is 0.0722. The molecule has 4 aliphatic rings. The molecule has 0 saturated heterocycles. The molecule has 1 amide bonds. The van der Waals surface area contributed by atoms with Crippen molar-refractivity contribution in [3.05, 3.63) is 47.5 Å². The first-order valence-electron chi connectivity index (χ1n) is 15.1. The highest BCUT2D eigenvalue weighted by Gasteiger charge is 2.65. The normalized spacial score (nSPS) is 35.8. The molecule has 4 aliphatic carbocycles. The quantitative estimate of drug-likeness (QED) is 0.354. The summed E-state index contributed by atoms with van der Waals surface area (Å²) in [7, 11) is 1.30. The standard InChI is InChI=1S/C33H44N2O6/c1-21(36)33(39)17-14-27-25-11-10-23-19-24(12-15-31(23,2)26(25)13-16-32(27,33)3)35-41-20-29(37)34-28(30(38)40-4)18-22-8-6-5-7-9-22/h5-9,19,25-28,39H,10-18,20H2,1-4H3,(H,34,37)/b35-24-/t25-,26+,27-,28+,31-,32-,33+/m1/s1. The van der Waals surface area contributed by atoms with Crippen molar-refractivity contribution in [3.63, 3.8) is 0 Å². The van der Waals surface area contributed by atoms with Crippen LogP contribution in [0.5, 0.6) is 0 Å². The lowest BCUT2D eigenvalue weighted by Crippen LogP contribution is -2.57. The predicted octanol–water partition coefficient (Wildman–Crippen LogP) is 4.54. The van der Waals surface area contributed by atoms with E-state index < -0.39 is 23.5 Å². The van der Waals surface area contributed by atoms with Crippen molar-refractivity contribution in [2.24, 2.45) is 33.7 Å². The summed E-state index contributed by atoms with van der Waals surface area (Å²) in [5.41, 5.74) is 1.71. The Hall–Kier alpha value is -3.00. The van der Waals surface area contributed by atoms with E-state index >= 15 is 0 Å². The van der Waals surface area contributed by atoms with Crippen molar-refractivity contribution in [3.8, 4) is 0 Å². The van der Waals surface area contributed by atoms with Crippen LogP contribution in [0.15, 0.2) is 47.1 Å². The highest BCUT2D eigenvalue weighted by molar-refractivity contribution is 5.96. The molecule has 3 saturated carbocycles. The number of ether oxygens (including phenoxy) is 1. The fourth-order valence-corrected chi connectivity index (χ4v) is 8.83. The number of amides is 1. The second-order valence-electron chi connectivity index (χ2n) is 13.1. The topological polar surface area (TPSA) is 114 Å². The molecule has 5 rings (SSSR count). The molecular formula is C33H44N2O6. The number of carbonyl (C=O) groups is 3. The molecular weight excluding hydrogens is 520 g/mol. The van der Waals surface area contributed by atoms with Crippen LogP contribution in [0.3, 0.4) is 0 Å². The molecule has 1 aromatic carbocycles. The Balaban J connectivity index is 1.20. The number of carbonyl (C=O) groups excluding carboxylic acids is 3. The molecule has 0 radical (unpaired) electrons. The molecule has 0 unspecified atom stereocenters. The molecule has 1 aromatic rings. The number of aliphatic hydroxyl groups is 1. The molecule has 3 fully saturated rings. The number of hydrogen-bond donors (Lipinski definition) is 2. The Morgan fingerprint density at radius 1 is 1.05 bits per heavy atom. The number of nitrogens with one attached hydrogen (secondary N) is 1. The number of Topliss-reactive ketones (excluding diaryl/α,β-unsaturated/α-hetero) is 1. The van der Waals surface area contributed by atoms with Gasteiger partial charge in [0.1, 0.15) is 11.6 Å². The third-order valence-corrected chi connectivity index (χ3v) is 11.2.